The molecule has 0 aliphatic carbocycles. The summed E-state index contributed by atoms with van der Waals surface area (Å²) in [5.74, 6) is 0.199. The van der Waals surface area contributed by atoms with Crippen LogP contribution in [0, 0.1) is 19.8 Å². The van der Waals surface area contributed by atoms with Crippen LogP contribution in [0.5, 0.6) is 0 Å². The van der Waals surface area contributed by atoms with E-state index in [9.17, 15) is 22.8 Å². The van der Waals surface area contributed by atoms with Crippen LogP contribution in [0.2, 0.25) is 0 Å². The molecule has 210 valence electrons. The van der Waals surface area contributed by atoms with E-state index in [2.05, 4.69) is 34.6 Å². The molecule has 39 heavy (non-hydrogen) atoms. The predicted molar refractivity (Wildman–Crippen MR) is 142 cm³/mol. The van der Waals surface area contributed by atoms with E-state index in [1.807, 2.05) is 26.0 Å². The quantitative estimate of drug-likeness (QED) is 0.296. The number of aromatic nitrogens is 3. The van der Waals surface area contributed by atoms with Gasteiger partial charge in [0.2, 0.25) is 0 Å². The highest BCUT2D eigenvalue weighted by atomic mass is 19.4. The third kappa shape index (κ3) is 8.05. The van der Waals surface area contributed by atoms with E-state index in [0.717, 1.165) is 35.5 Å². The second-order valence-electron chi connectivity index (χ2n) is 9.74. The van der Waals surface area contributed by atoms with E-state index in [4.69, 9.17) is 4.74 Å². The fraction of sp³-hybridized carbons (Fsp3) is 0.429. The molecule has 0 unspecified atom stereocenters. The highest BCUT2D eigenvalue weighted by Crippen LogP contribution is 2.32. The van der Waals surface area contributed by atoms with Crippen LogP contribution in [0.25, 0.3) is 5.69 Å². The topological polar surface area (TPSA) is 98.1 Å². The lowest BCUT2D eigenvalue weighted by molar-refractivity contribution is -0.143. The normalized spacial score (nSPS) is 12.3. The minimum absolute atomic E-state index is 0.0883. The second-order valence-corrected chi connectivity index (χ2v) is 9.74. The summed E-state index contributed by atoms with van der Waals surface area (Å²) in [5, 5.41) is 10.0. The van der Waals surface area contributed by atoms with Crippen molar-refractivity contribution in [3.05, 3.63) is 70.7 Å². The number of amides is 1. The number of esters is 1. The molecule has 0 bridgehead atoms. The number of carbonyl (C=O) groups is 2. The number of benzene rings is 1. The van der Waals surface area contributed by atoms with Crippen LogP contribution in [0.3, 0.4) is 0 Å². The molecule has 2 N–H and O–H groups in total. The number of pyridine rings is 1. The molecule has 8 nitrogen and oxygen atoms in total. The van der Waals surface area contributed by atoms with Crippen molar-refractivity contribution in [2.75, 3.05) is 18.5 Å². The molecule has 0 radical (unpaired) electrons. The predicted octanol–water partition coefficient (Wildman–Crippen LogP) is 5.79. The van der Waals surface area contributed by atoms with E-state index in [1.165, 1.54) is 10.9 Å². The molecule has 2 aromatic heterocycles. The maximum Gasteiger partial charge on any atom is 0.419 e. The summed E-state index contributed by atoms with van der Waals surface area (Å²) in [6, 6.07) is 7.13. The maximum atomic E-state index is 13.1. The van der Waals surface area contributed by atoms with Crippen LogP contribution >= 0.6 is 0 Å². The molecular formula is C28H34F3N5O3. The molecule has 0 aliphatic rings. The van der Waals surface area contributed by atoms with Gasteiger partial charge in [0, 0.05) is 18.9 Å². The van der Waals surface area contributed by atoms with Crippen molar-refractivity contribution < 1.29 is 27.5 Å². The number of hydrogen-bond donors (Lipinski definition) is 2. The number of aryl methyl sites for hydroxylation is 2. The van der Waals surface area contributed by atoms with Crippen LogP contribution < -0.4 is 10.6 Å². The first kappa shape index (κ1) is 29.7. The Hall–Kier alpha value is -3.89. The number of anilines is 1. The van der Waals surface area contributed by atoms with Crippen molar-refractivity contribution >= 4 is 17.7 Å². The van der Waals surface area contributed by atoms with E-state index < -0.39 is 11.7 Å². The van der Waals surface area contributed by atoms with Crippen LogP contribution in [-0.4, -0.2) is 39.8 Å². The van der Waals surface area contributed by atoms with E-state index in [1.54, 1.807) is 19.1 Å². The van der Waals surface area contributed by atoms with Gasteiger partial charge in [0.1, 0.15) is 5.82 Å². The minimum atomic E-state index is -4.46. The Balaban J connectivity index is 1.76. The van der Waals surface area contributed by atoms with E-state index >= 15 is 0 Å². The molecule has 3 rings (SSSR count). The summed E-state index contributed by atoms with van der Waals surface area (Å²) in [7, 11) is 0. The number of nitrogens with zero attached hydrogens (tertiary/aromatic N) is 3. The van der Waals surface area contributed by atoms with Crippen LogP contribution in [0.15, 0.2) is 42.9 Å². The average Bonchev–Trinajstić information content (AvgIpc) is 3.34. The molecule has 0 saturated heterocycles. The number of halogens is 3. The van der Waals surface area contributed by atoms with Gasteiger partial charge in [-0.1, -0.05) is 26.0 Å². The summed E-state index contributed by atoms with van der Waals surface area (Å²) in [5.41, 5.74) is 2.72. The van der Waals surface area contributed by atoms with Gasteiger partial charge >= 0.3 is 12.1 Å². The van der Waals surface area contributed by atoms with Crippen LogP contribution in [0.4, 0.5) is 19.0 Å². The molecule has 1 amide bonds. The molecule has 0 aliphatic heterocycles. The van der Waals surface area contributed by atoms with Crippen LogP contribution in [0.1, 0.15) is 72.3 Å². The van der Waals surface area contributed by atoms with Crippen molar-refractivity contribution in [1.82, 2.24) is 20.1 Å². The number of rotatable bonds is 11. The Labute approximate surface area is 226 Å². The zero-order chi connectivity index (χ0) is 28.7. The molecule has 2 heterocycles. The third-order valence-corrected chi connectivity index (χ3v) is 6.03. The van der Waals surface area contributed by atoms with E-state index in [-0.39, 0.29) is 30.9 Å². The zero-order valence-electron chi connectivity index (χ0n) is 22.7. The maximum absolute atomic E-state index is 13.1. The van der Waals surface area contributed by atoms with Gasteiger partial charge in [-0.25, -0.2) is 9.67 Å². The van der Waals surface area contributed by atoms with Crippen molar-refractivity contribution in [2.45, 2.75) is 59.7 Å². The first-order chi connectivity index (χ1) is 18.4. The first-order valence-electron chi connectivity index (χ1n) is 12.8. The summed E-state index contributed by atoms with van der Waals surface area (Å²) < 4.78 is 45.4. The van der Waals surface area contributed by atoms with Gasteiger partial charge in [0.05, 0.1) is 42.1 Å². The van der Waals surface area contributed by atoms with E-state index in [0.29, 0.717) is 29.6 Å². The summed E-state index contributed by atoms with van der Waals surface area (Å²) in [6.45, 7) is 10.1. The van der Waals surface area contributed by atoms with Gasteiger partial charge in [-0.05, 0) is 61.9 Å². The molecular weight excluding hydrogens is 511 g/mol. The van der Waals surface area contributed by atoms with Gasteiger partial charge in [0.25, 0.3) is 5.91 Å². The molecule has 0 fully saturated rings. The SMILES string of the molecule is CCOC(=O)CCNC(=O)c1ccc(N[C@@H](CC(C)C)c2cc(C)c(-n3cc(C(F)(F)F)cn3)c(C)c2)nc1. The number of hydrogen-bond acceptors (Lipinski definition) is 6. The fourth-order valence-corrected chi connectivity index (χ4v) is 4.30. The summed E-state index contributed by atoms with van der Waals surface area (Å²) >= 11 is 0. The molecule has 0 spiro atoms. The molecule has 3 aromatic rings. The largest absolute Gasteiger partial charge is 0.466 e. The molecule has 11 heteroatoms. The van der Waals surface area contributed by atoms with Gasteiger partial charge in [-0.3, -0.25) is 9.59 Å². The van der Waals surface area contributed by atoms with Gasteiger partial charge in [-0.2, -0.15) is 18.3 Å². The summed E-state index contributed by atoms with van der Waals surface area (Å²) in [4.78, 5) is 28.2. The van der Waals surface area contributed by atoms with Crippen molar-refractivity contribution in [3.8, 4) is 5.69 Å². The highest BCUT2D eigenvalue weighted by molar-refractivity contribution is 5.94. The van der Waals surface area contributed by atoms with Crippen molar-refractivity contribution in [1.29, 1.82) is 0 Å². The fourth-order valence-electron chi connectivity index (χ4n) is 4.30. The smallest absolute Gasteiger partial charge is 0.419 e. The van der Waals surface area contributed by atoms with Gasteiger partial charge < -0.3 is 15.4 Å². The Morgan fingerprint density at radius 1 is 1.10 bits per heavy atom. The lowest BCUT2D eigenvalue weighted by Crippen LogP contribution is -2.26. The van der Waals surface area contributed by atoms with Crippen molar-refractivity contribution in [3.63, 3.8) is 0 Å². The lowest BCUT2D eigenvalue weighted by Gasteiger charge is -2.24. The van der Waals surface area contributed by atoms with Crippen LogP contribution in [-0.2, 0) is 15.7 Å². The molecule has 1 aromatic carbocycles. The Morgan fingerprint density at radius 3 is 2.33 bits per heavy atom. The third-order valence-electron chi connectivity index (χ3n) is 6.03. The van der Waals surface area contributed by atoms with Gasteiger partial charge in [0.15, 0.2) is 0 Å². The first-order valence-corrected chi connectivity index (χ1v) is 12.8. The average molecular weight is 546 g/mol. The Kier molecular flexibility index (Phi) is 9.71. The highest BCUT2D eigenvalue weighted by Gasteiger charge is 2.32. The Bertz CT molecular complexity index is 1260. The molecule has 0 saturated carbocycles. The second kappa shape index (κ2) is 12.8. The summed E-state index contributed by atoms with van der Waals surface area (Å²) in [6.07, 6.45) is -0.313. The number of carbonyl (C=O) groups excluding carboxylic acids is 2. The zero-order valence-corrected chi connectivity index (χ0v) is 22.7. The Morgan fingerprint density at radius 2 is 1.79 bits per heavy atom. The number of nitrogens with one attached hydrogen (secondary N) is 2. The van der Waals surface area contributed by atoms with Crippen molar-refractivity contribution in [2.24, 2.45) is 5.92 Å². The molecule has 1 atom stereocenters. The number of alkyl halides is 3. The monoisotopic (exact) mass is 545 g/mol. The lowest BCUT2D eigenvalue weighted by atomic mass is 9.93. The van der Waals surface area contributed by atoms with Gasteiger partial charge in [-0.15, -0.1) is 0 Å². The minimum Gasteiger partial charge on any atom is -0.466 e. The number of ether oxygens (including phenoxy) is 1. The standard InChI is InChI=1S/C28H34F3N5O3/c1-6-39-25(37)9-10-32-27(38)20-7-8-24(33-14-20)35-23(11-17(2)3)21-12-18(4)26(19(5)13-21)36-16-22(15-34-36)28(29,30)31/h7-8,12-17,23H,6,9-11H2,1-5H3,(H,32,38)(H,33,35)/t23-/m0/s1.